The van der Waals surface area contributed by atoms with Gasteiger partial charge >= 0.3 is 0 Å². The number of hydrogen-bond donors (Lipinski definition) is 2. The van der Waals surface area contributed by atoms with Gasteiger partial charge in [0.05, 0.1) is 5.69 Å². The number of anilines is 3. The van der Waals surface area contributed by atoms with E-state index in [0.29, 0.717) is 0 Å². The van der Waals surface area contributed by atoms with Crippen molar-refractivity contribution in [2.75, 3.05) is 35.2 Å². The highest BCUT2D eigenvalue weighted by Gasteiger charge is 2.25. The molecule has 5 heteroatoms. The van der Waals surface area contributed by atoms with Gasteiger partial charge in [-0.3, -0.25) is 0 Å². The summed E-state index contributed by atoms with van der Waals surface area (Å²) in [6, 6.07) is 3.81. The monoisotopic (exact) mass is 248 g/mol. The summed E-state index contributed by atoms with van der Waals surface area (Å²) in [5.74, 6) is 1.72. The van der Waals surface area contributed by atoms with E-state index in [4.69, 9.17) is 5.73 Å². The Labute approximate surface area is 107 Å². The third-order valence-corrected chi connectivity index (χ3v) is 3.81. The minimum atomic E-state index is -0.396. The second-order valence-electron chi connectivity index (χ2n) is 5.09. The van der Waals surface area contributed by atoms with Crippen molar-refractivity contribution in [1.29, 1.82) is 0 Å². The van der Waals surface area contributed by atoms with E-state index in [0.717, 1.165) is 49.8 Å². The van der Waals surface area contributed by atoms with Gasteiger partial charge in [0.15, 0.2) is 5.82 Å². The van der Waals surface area contributed by atoms with Crippen molar-refractivity contribution >= 4 is 17.3 Å². The molecule has 1 unspecified atom stereocenters. The van der Waals surface area contributed by atoms with Gasteiger partial charge in [0, 0.05) is 19.6 Å². The fourth-order valence-corrected chi connectivity index (χ4v) is 2.81. The Kier molecular flexibility index (Phi) is 2.99. The minimum Gasteiger partial charge on any atom is -0.396 e. The fourth-order valence-electron chi connectivity index (χ4n) is 2.81. The van der Waals surface area contributed by atoms with Crippen molar-refractivity contribution < 1.29 is 5.11 Å². The number of nitrogens with zero attached hydrogens (tertiary/aromatic N) is 3. The van der Waals surface area contributed by atoms with Gasteiger partial charge in [-0.2, -0.15) is 0 Å². The standard InChI is InChI=1S/C13H20N4O/c14-10-5-6-11(17-9-3-4-12(17)18)15-13(10)16-7-1-2-8-16/h5-6,12,18H,1-4,7-9,14H2. The molecule has 98 valence electrons. The summed E-state index contributed by atoms with van der Waals surface area (Å²) in [5, 5.41) is 9.91. The van der Waals surface area contributed by atoms with Crippen LogP contribution in [0.5, 0.6) is 0 Å². The lowest BCUT2D eigenvalue weighted by molar-refractivity contribution is 0.185. The highest BCUT2D eigenvalue weighted by molar-refractivity contribution is 5.66. The number of rotatable bonds is 2. The Hall–Kier alpha value is -1.49. The van der Waals surface area contributed by atoms with E-state index in [1.165, 1.54) is 12.8 Å². The van der Waals surface area contributed by atoms with Gasteiger partial charge in [0.1, 0.15) is 12.0 Å². The second-order valence-corrected chi connectivity index (χ2v) is 5.09. The Morgan fingerprint density at radius 3 is 2.61 bits per heavy atom. The summed E-state index contributed by atoms with van der Waals surface area (Å²) < 4.78 is 0. The van der Waals surface area contributed by atoms with Gasteiger partial charge < -0.3 is 20.6 Å². The summed E-state index contributed by atoms with van der Waals surface area (Å²) in [6.07, 6.45) is 3.86. The molecule has 1 atom stereocenters. The lowest BCUT2D eigenvalue weighted by Crippen LogP contribution is -2.30. The molecule has 2 aliphatic heterocycles. The van der Waals surface area contributed by atoms with Crippen LogP contribution >= 0.6 is 0 Å². The topological polar surface area (TPSA) is 65.6 Å². The molecule has 0 radical (unpaired) electrons. The van der Waals surface area contributed by atoms with Crippen LogP contribution in [0.4, 0.5) is 17.3 Å². The molecular formula is C13H20N4O. The maximum absolute atomic E-state index is 9.91. The van der Waals surface area contributed by atoms with Gasteiger partial charge in [0.25, 0.3) is 0 Å². The van der Waals surface area contributed by atoms with E-state index in [-0.39, 0.29) is 0 Å². The molecule has 0 aromatic carbocycles. The van der Waals surface area contributed by atoms with E-state index >= 15 is 0 Å². The molecule has 0 saturated carbocycles. The van der Waals surface area contributed by atoms with Crippen molar-refractivity contribution in [3.63, 3.8) is 0 Å². The minimum absolute atomic E-state index is 0.396. The van der Waals surface area contributed by atoms with Crippen molar-refractivity contribution in [1.82, 2.24) is 4.98 Å². The molecule has 1 aromatic heterocycles. The normalized spacial score (nSPS) is 23.9. The summed E-state index contributed by atoms with van der Waals surface area (Å²) in [7, 11) is 0. The fraction of sp³-hybridized carbons (Fsp3) is 0.615. The van der Waals surface area contributed by atoms with Gasteiger partial charge in [0.2, 0.25) is 0 Å². The first kappa shape index (κ1) is 11.6. The quantitative estimate of drug-likeness (QED) is 0.823. The molecule has 3 rings (SSSR count). The predicted octanol–water partition coefficient (Wildman–Crippen LogP) is 1.18. The zero-order valence-electron chi connectivity index (χ0n) is 10.5. The van der Waals surface area contributed by atoms with Gasteiger partial charge in [-0.25, -0.2) is 4.98 Å². The van der Waals surface area contributed by atoms with Crippen molar-refractivity contribution in [3.05, 3.63) is 12.1 Å². The first-order valence-corrected chi connectivity index (χ1v) is 6.72. The zero-order valence-corrected chi connectivity index (χ0v) is 10.5. The molecule has 2 fully saturated rings. The smallest absolute Gasteiger partial charge is 0.154 e. The highest BCUT2D eigenvalue weighted by atomic mass is 16.3. The zero-order chi connectivity index (χ0) is 12.5. The lowest BCUT2D eigenvalue weighted by Gasteiger charge is -2.25. The molecule has 3 N–H and O–H groups in total. The molecule has 0 aliphatic carbocycles. The number of nitrogens with two attached hydrogens (primary N) is 1. The molecule has 0 spiro atoms. The van der Waals surface area contributed by atoms with Crippen LogP contribution in [0.1, 0.15) is 25.7 Å². The van der Waals surface area contributed by atoms with E-state index < -0.39 is 6.23 Å². The molecular weight excluding hydrogens is 228 g/mol. The Bertz CT molecular complexity index is 431. The van der Waals surface area contributed by atoms with Gasteiger partial charge in [-0.1, -0.05) is 0 Å². The first-order chi connectivity index (χ1) is 8.75. The SMILES string of the molecule is Nc1ccc(N2CCCC2O)nc1N1CCCC1. The Balaban J connectivity index is 1.89. The highest BCUT2D eigenvalue weighted by Crippen LogP contribution is 2.29. The Morgan fingerprint density at radius 1 is 1.17 bits per heavy atom. The first-order valence-electron chi connectivity index (χ1n) is 6.72. The van der Waals surface area contributed by atoms with Crippen LogP contribution in [0, 0.1) is 0 Å². The van der Waals surface area contributed by atoms with E-state index in [1.807, 2.05) is 17.0 Å². The number of aromatic nitrogens is 1. The second kappa shape index (κ2) is 4.65. The number of aliphatic hydroxyl groups excluding tert-OH is 1. The number of aliphatic hydroxyl groups is 1. The summed E-state index contributed by atoms with van der Waals surface area (Å²) >= 11 is 0. The van der Waals surface area contributed by atoms with Gasteiger partial charge in [-0.15, -0.1) is 0 Å². The largest absolute Gasteiger partial charge is 0.396 e. The van der Waals surface area contributed by atoms with Crippen molar-refractivity contribution in [3.8, 4) is 0 Å². The predicted molar refractivity (Wildman–Crippen MR) is 72.7 cm³/mol. The molecule has 0 amide bonds. The number of nitrogen functional groups attached to an aromatic ring is 1. The molecule has 3 heterocycles. The van der Waals surface area contributed by atoms with Crippen LogP contribution in [-0.2, 0) is 0 Å². The third kappa shape index (κ3) is 1.99. The molecule has 5 nitrogen and oxygen atoms in total. The van der Waals surface area contributed by atoms with Crippen molar-refractivity contribution in [2.24, 2.45) is 0 Å². The molecule has 2 aliphatic rings. The maximum Gasteiger partial charge on any atom is 0.154 e. The van der Waals surface area contributed by atoms with Crippen molar-refractivity contribution in [2.45, 2.75) is 31.9 Å². The third-order valence-electron chi connectivity index (χ3n) is 3.81. The average Bonchev–Trinajstić information content (AvgIpc) is 3.01. The molecule has 18 heavy (non-hydrogen) atoms. The molecule has 2 saturated heterocycles. The van der Waals surface area contributed by atoms with E-state index in [2.05, 4.69) is 9.88 Å². The summed E-state index contributed by atoms with van der Waals surface area (Å²) in [4.78, 5) is 8.85. The lowest BCUT2D eigenvalue weighted by atomic mass is 10.3. The number of hydrogen-bond acceptors (Lipinski definition) is 5. The van der Waals surface area contributed by atoms with Crippen LogP contribution in [0.15, 0.2) is 12.1 Å². The maximum atomic E-state index is 9.91. The average molecular weight is 248 g/mol. The van der Waals surface area contributed by atoms with Crippen LogP contribution in [0.25, 0.3) is 0 Å². The van der Waals surface area contributed by atoms with Gasteiger partial charge in [-0.05, 0) is 37.8 Å². The number of pyridine rings is 1. The molecule has 1 aromatic rings. The van der Waals surface area contributed by atoms with E-state index in [9.17, 15) is 5.11 Å². The summed E-state index contributed by atoms with van der Waals surface area (Å²) in [6.45, 7) is 2.93. The van der Waals surface area contributed by atoms with Crippen LogP contribution in [-0.4, -0.2) is 36.0 Å². The van der Waals surface area contributed by atoms with E-state index in [1.54, 1.807) is 0 Å². The Morgan fingerprint density at radius 2 is 1.94 bits per heavy atom. The van der Waals surface area contributed by atoms with Crippen LogP contribution in [0.2, 0.25) is 0 Å². The molecule has 0 bridgehead atoms. The van der Waals surface area contributed by atoms with Crippen LogP contribution in [0.3, 0.4) is 0 Å². The summed E-state index contributed by atoms with van der Waals surface area (Å²) in [5.41, 5.74) is 6.75. The van der Waals surface area contributed by atoms with Crippen LogP contribution < -0.4 is 15.5 Å².